The molecule has 1 saturated heterocycles. The summed E-state index contributed by atoms with van der Waals surface area (Å²) in [6.45, 7) is 5.30. The van der Waals surface area contributed by atoms with E-state index in [1.807, 2.05) is 11.8 Å². The molecule has 0 aromatic carbocycles. The lowest BCUT2D eigenvalue weighted by Crippen LogP contribution is -2.34. The molecule has 1 fully saturated rings. The van der Waals surface area contributed by atoms with Gasteiger partial charge in [0, 0.05) is 30.5 Å². The quantitative estimate of drug-likeness (QED) is 0.385. The highest BCUT2D eigenvalue weighted by molar-refractivity contribution is 5.79. The van der Waals surface area contributed by atoms with Crippen molar-refractivity contribution < 1.29 is 4.79 Å². The number of rotatable bonds is 4. The molecular formula is C9H16N4O. The Morgan fingerprint density at radius 1 is 1.79 bits per heavy atom. The van der Waals surface area contributed by atoms with E-state index in [-0.39, 0.29) is 11.8 Å². The maximum Gasteiger partial charge on any atom is 0.223 e. The van der Waals surface area contributed by atoms with Crippen LogP contribution in [0.15, 0.2) is 5.11 Å². The van der Waals surface area contributed by atoms with Gasteiger partial charge in [0.15, 0.2) is 0 Å². The second kappa shape index (κ2) is 4.86. The van der Waals surface area contributed by atoms with Crippen LogP contribution in [-0.4, -0.2) is 29.9 Å². The molecule has 0 radical (unpaired) electrons. The zero-order chi connectivity index (χ0) is 10.6. The fraction of sp³-hybridized carbons (Fsp3) is 0.889. The molecule has 0 saturated carbocycles. The van der Waals surface area contributed by atoms with Gasteiger partial charge in [-0.2, -0.15) is 0 Å². The zero-order valence-electron chi connectivity index (χ0n) is 8.68. The largest absolute Gasteiger partial charge is 0.340 e. The monoisotopic (exact) mass is 196 g/mol. The molecule has 1 heterocycles. The summed E-state index contributed by atoms with van der Waals surface area (Å²) >= 11 is 0. The average molecular weight is 196 g/mol. The number of hydrogen-bond acceptors (Lipinski definition) is 2. The van der Waals surface area contributed by atoms with Gasteiger partial charge in [0.1, 0.15) is 0 Å². The molecule has 0 aromatic heterocycles. The molecule has 1 rings (SSSR count). The Kier molecular flexibility index (Phi) is 3.77. The topological polar surface area (TPSA) is 69.1 Å². The summed E-state index contributed by atoms with van der Waals surface area (Å²) in [4.78, 5) is 16.1. The summed E-state index contributed by atoms with van der Waals surface area (Å²) < 4.78 is 0. The van der Waals surface area contributed by atoms with Gasteiger partial charge < -0.3 is 4.90 Å². The van der Waals surface area contributed by atoms with Crippen LogP contribution in [0.4, 0.5) is 0 Å². The molecule has 2 atom stereocenters. The SMILES string of the molecule is CCC(C)N1CC(CN=[N+]=[N-])CC1=O. The third kappa shape index (κ3) is 2.39. The highest BCUT2D eigenvalue weighted by atomic mass is 16.2. The minimum atomic E-state index is 0.192. The van der Waals surface area contributed by atoms with Crippen LogP contribution in [0, 0.1) is 5.92 Å². The smallest absolute Gasteiger partial charge is 0.223 e. The van der Waals surface area contributed by atoms with Crippen LogP contribution >= 0.6 is 0 Å². The fourth-order valence-electron chi connectivity index (χ4n) is 1.73. The molecule has 1 aliphatic heterocycles. The van der Waals surface area contributed by atoms with E-state index in [1.165, 1.54) is 0 Å². The highest BCUT2D eigenvalue weighted by Crippen LogP contribution is 2.21. The summed E-state index contributed by atoms with van der Waals surface area (Å²) in [6, 6.07) is 0.304. The maximum atomic E-state index is 11.5. The molecule has 14 heavy (non-hydrogen) atoms. The Labute approximate surface area is 83.7 Å². The second-order valence-corrected chi connectivity index (χ2v) is 3.79. The predicted molar refractivity (Wildman–Crippen MR) is 53.6 cm³/mol. The minimum Gasteiger partial charge on any atom is -0.340 e. The van der Waals surface area contributed by atoms with Gasteiger partial charge in [0.05, 0.1) is 0 Å². The third-order valence-corrected chi connectivity index (χ3v) is 2.76. The van der Waals surface area contributed by atoms with E-state index in [0.29, 0.717) is 19.0 Å². The molecule has 0 aromatic rings. The van der Waals surface area contributed by atoms with Crippen LogP contribution in [0.25, 0.3) is 10.4 Å². The molecule has 0 aliphatic carbocycles. The number of hydrogen-bond donors (Lipinski definition) is 0. The lowest BCUT2D eigenvalue weighted by atomic mass is 10.1. The number of carbonyl (C=O) groups is 1. The van der Waals surface area contributed by atoms with E-state index in [9.17, 15) is 4.79 Å². The summed E-state index contributed by atoms with van der Waals surface area (Å²) in [5.74, 6) is 0.407. The van der Waals surface area contributed by atoms with E-state index < -0.39 is 0 Å². The van der Waals surface area contributed by atoms with Crippen molar-refractivity contribution in [3.63, 3.8) is 0 Å². The van der Waals surface area contributed by atoms with Gasteiger partial charge in [-0.1, -0.05) is 12.0 Å². The molecule has 0 spiro atoms. The molecular weight excluding hydrogens is 180 g/mol. The number of carbonyl (C=O) groups excluding carboxylic acids is 1. The standard InChI is InChI=1S/C9H16N4O/c1-3-7(2)13-6-8(4-9(13)14)5-11-12-10/h7-8H,3-6H2,1-2H3. The number of nitrogens with zero attached hydrogens (tertiary/aromatic N) is 4. The van der Waals surface area contributed by atoms with Crippen molar-refractivity contribution in [2.45, 2.75) is 32.7 Å². The maximum absolute atomic E-state index is 11.5. The van der Waals surface area contributed by atoms with Crippen molar-refractivity contribution in [2.24, 2.45) is 11.0 Å². The van der Waals surface area contributed by atoms with Crippen LogP contribution in [0.5, 0.6) is 0 Å². The number of likely N-dealkylation sites (tertiary alicyclic amines) is 1. The van der Waals surface area contributed by atoms with E-state index in [4.69, 9.17) is 5.53 Å². The van der Waals surface area contributed by atoms with E-state index in [1.54, 1.807) is 0 Å². The zero-order valence-corrected chi connectivity index (χ0v) is 8.68. The Morgan fingerprint density at radius 3 is 3.07 bits per heavy atom. The van der Waals surface area contributed by atoms with Crippen molar-refractivity contribution in [1.29, 1.82) is 0 Å². The van der Waals surface area contributed by atoms with E-state index in [2.05, 4.69) is 16.9 Å². The van der Waals surface area contributed by atoms with Gasteiger partial charge in [-0.15, -0.1) is 0 Å². The van der Waals surface area contributed by atoms with Crippen molar-refractivity contribution in [1.82, 2.24) is 4.90 Å². The van der Waals surface area contributed by atoms with E-state index >= 15 is 0 Å². The number of amides is 1. The van der Waals surface area contributed by atoms with Gasteiger partial charge in [0.2, 0.25) is 5.91 Å². The Balaban J connectivity index is 2.51. The first kappa shape index (κ1) is 10.9. The summed E-state index contributed by atoms with van der Waals surface area (Å²) in [5.41, 5.74) is 8.17. The van der Waals surface area contributed by atoms with Gasteiger partial charge in [0.25, 0.3) is 0 Å². The van der Waals surface area contributed by atoms with Crippen LogP contribution in [-0.2, 0) is 4.79 Å². The van der Waals surface area contributed by atoms with Crippen LogP contribution in [0.1, 0.15) is 26.7 Å². The first-order valence-electron chi connectivity index (χ1n) is 4.99. The minimum absolute atomic E-state index is 0.192. The predicted octanol–water partition coefficient (Wildman–Crippen LogP) is 1.94. The van der Waals surface area contributed by atoms with Gasteiger partial charge in [-0.3, -0.25) is 4.79 Å². The van der Waals surface area contributed by atoms with Crippen molar-refractivity contribution >= 4 is 5.91 Å². The number of azide groups is 1. The molecule has 0 bridgehead atoms. The van der Waals surface area contributed by atoms with Crippen LogP contribution in [0.3, 0.4) is 0 Å². The molecule has 78 valence electrons. The lowest BCUT2D eigenvalue weighted by molar-refractivity contribution is -0.129. The lowest BCUT2D eigenvalue weighted by Gasteiger charge is -2.23. The fourth-order valence-corrected chi connectivity index (χ4v) is 1.73. The van der Waals surface area contributed by atoms with Crippen molar-refractivity contribution in [3.8, 4) is 0 Å². The van der Waals surface area contributed by atoms with E-state index in [0.717, 1.165) is 13.0 Å². The van der Waals surface area contributed by atoms with Crippen molar-refractivity contribution in [3.05, 3.63) is 10.4 Å². The normalized spacial score (nSPS) is 23.4. The summed E-state index contributed by atoms with van der Waals surface area (Å²) in [7, 11) is 0. The third-order valence-electron chi connectivity index (χ3n) is 2.76. The molecule has 5 heteroatoms. The van der Waals surface area contributed by atoms with Crippen molar-refractivity contribution in [2.75, 3.05) is 13.1 Å². The molecule has 1 amide bonds. The first-order chi connectivity index (χ1) is 6.69. The van der Waals surface area contributed by atoms with Crippen LogP contribution in [0.2, 0.25) is 0 Å². The Hall–Kier alpha value is -1.22. The van der Waals surface area contributed by atoms with Gasteiger partial charge in [-0.25, -0.2) is 0 Å². The highest BCUT2D eigenvalue weighted by Gasteiger charge is 2.31. The Bertz CT molecular complexity index is 260. The summed E-state index contributed by atoms with van der Waals surface area (Å²) in [5, 5.41) is 3.51. The first-order valence-corrected chi connectivity index (χ1v) is 4.99. The van der Waals surface area contributed by atoms with Gasteiger partial charge in [-0.05, 0) is 24.8 Å². The average Bonchev–Trinajstić information content (AvgIpc) is 2.55. The second-order valence-electron chi connectivity index (χ2n) is 3.79. The molecule has 2 unspecified atom stereocenters. The molecule has 0 N–H and O–H groups in total. The Morgan fingerprint density at radius 2 is 2.50 bits per heavy atom. The van der Waals surface area contributed by atoms with Gasteiger partial charge >= 0.3 is 0 Å². The molecule has 5 nitrogen and oxygen atoms in total. The summed E-state index contributed by atoms with van der Waals surface area (Å²) in [6.07, 6.45) is 1.50. The molecule has 1 aliphatic rings. The van der Waals surface area contributed by atoms with Crippen LogP contribution < -0.4 is 0 Å².